The van der Waals surface area contributed by atoms with Gasteiger partial charge in [-0.3, -0.25) is 4.79 Å². The zero-order chi connectivity index (χ0) is 49.5. The van der Waals surface area contributed by atoms with Crippen molar-refractivity contribution in [1.82, 2.24) is 5.32 Å². The fraction of sp³-hybridized carbons (Fsp3) is 0.951. The van der Waals surface area contributed by atoms with E-state index in [2.05, 4.69) is 5.32 Å². The molecule has 0 aromatic rings. The van der Waals surface area contributed by atoms with Gasteiger partial charge in [0.05, 0.1) is 70.5 Å². The van der Waals surface area contributed by atoms with E-state index < -0.39 is 146 Å². The minimum absolute atomic E-state index is 0. The first-order valence-corrected chi connectivity index (χ1v) is 22.4. The van der Waals surface area contributed by atoms with Gasteiger partial charge in [-0.25, -0.2) is 0 Å². The van der Waals surface area contributed by atoms with Crippen LogP contribution in [0.5, 0.6) is 0 Å². The number of ether oxygens (including phenoxy) is 12. The SMILES string of the molecule is CC[C@H]1OC(CO[C@H]2OC(COC)[C@@H](O)[C@H](O)C2O)[C@@H](O)[C@H](OCC(O)COCCCCOCC(O)COCC2OC(C)C(NC(C)=O)[C@@H](O[C@@H]3OC(C(=O)[O-])[C@@H](OC)[C@H](O)C3O)[C@@H]2O)C1O.[Na+]. The molecule has 68 heavy (non-hydrogen) atoms. The molecule has 27 heteroatoms. The summed E-state index contributed by atoms with van der Waals surface area (Å²) in [6, 6.07) is -1.02. The van der Waals surface area contributed by atoms with E-state index in [9.17, 15) is 65.8 Å². The minimum atomic E-state index is -1.84. The standard InChI is InChI=1S/C41H73NO25.Na/c1-6-22-28(47)36(30(49)25(64-22)17-62-40-33(52)31(50)27(46)23(65-40)15-56-4)61-14-21(45)12-59-10-8-7-9-58-11-20(44)13-60-16-24-29(48)35(26(18(2)63-24)42-19(3)43)66-41-34(53)32(51)37(57-5)38(67-41)39(54)55;/h18,20-38,40-41,44-53H,6-17H2,1-5H3,(H,42,43)(H,54,55);/q;+1/p-1/t18?,20?,21?,22-,23?,24?,25?,26?,27-,28?,29-,30-,31+,32-,33?,34?,35-,36-,37+,38?,40+,41-;/m1./s1. The second-order valence-electron chi connectivity index (χ2n) is 17.0. The molecule has 0 bridgehead atoms. The molecule has 4 aliphatic heterocycles. The number of aliphatic hydroxyl groups is 10. The molecule has 392 valence electrons. The van der Waals surface area contributed by atoms with Crippen molar-refractivity contribution < 1.29 is 152 Å². The molecule has 0 aromatic carbocycles. The Hall–Kier alpha value is -0.940. The van der Waals surface area contributed by atoms with Crippen molar-refractivity contribution >= 4 is 11.9 Å². The number of carbonyl (C=O) groups is 2. The maximum absolute atomic E-state index is 12.0. The number of rotatable bonds is 27. The van der Waals surface area contributed by atoms with Crippen molar-refractivity contribution in [2.24, 2.45) is 0 Å². The van der Waals surface area contributed by atoms with Crippen LogP contribution >= 0.6 is 0 Å². The van der Waals surface area contributed by atoms with E-state index in [4.69, 9.17) is 56.8 Å². The van der Waals surface area contributed by atoms with Gasteiger partial charge in [0.1, 0.15) is 104 Å². The van der Waals surface area contributed by atoms with Crippen LogP contribution in [0.1, 0.15) is 40.0 Å². The Morgan fingerprint density at radius 1 is 0.618 bits per heavy atom. The predicted octanol–water partition coefficient (Wildman–Crippen LogP) is -10.5. The van der Waals surface area contributed by atoms with Crippen LogP contribution in [-0.2, 0) is 66.4 Å². The molecule has 22 atom stereocenters. The average Bonchev–Trinajstić information content (AvgIpc) is 3.28. The van der Waals surface area contributed by atoms with E-state index in [0.717, 1.165) is 7.11 Å². The molecular weight excluding hydrogens is 929 g/mol. The van der Waals surface area contributed by atoms with Crippen LogP contribution < -0.4 is 40.0 Å². The van der Waals surface area contributed by atoms with Crippen molar-refractivity contribution in [2.75, 3.05) is 73.7 Å². The number of unbranched alkanes of at least 4 members (excludes halogenated alkanes) is 1. The Kier molecular flexibility index (Phi) is 27.3. The Labute approximate surface area is 416 Å². The number of carboxylic acid groups (broad SMARTS) is 1. The van der Waals surface area contributed by atoms with Gasteiger partial charge in [0.2, 0.25) is 5.91 Å². The van der Waals surface area contributed by atoms with Crippen molar-refractivity contribution in [1.29, 1.82) is 0 Å². The van der Waals surface area contributed by atoms with Crippen LogP contribution in [0.2, 0.25) is 0 Å². The molecule has 11 unspecified atom stereocenters. The number of hydrogen-bond acceptors (Lipinski definition) is 25. The summed E-state index contributed by atoms with van der Waals surface area (Å²) in [5.74, 6) is -2.25. The maximum Gasteiger partial charge on any atom is 1.00 e. The Bertz CT molecular complexity index is 1450. The normalized spacial score (nSPS) is 39.7. The van der Waals surface area contributed by atoms with Crippen LogP contribution in [0.4, 0.5) is 0 Å². The second-order valence-corrected chi connectivity index (χ2v) is 17.0. The fourth-order valence-corrected chi connectivity index (χ4v) is 8.14. The third-order valence-corrected chi connectivity index (χ3v) is 11.8. The first kappa shape index (κ1) is 61.4. The fourth-order valence-electron chi connectivity index (χ4n) is 8.14. The molecule has 0 aliphatic carbocycles. The number of aliphatic carboxylic acids is 1. The van der Waals surface area contributed by atoms with Gasteiger partial charge in [0.15, 0.2) is 12.6 Å². The van der Waals surface area contributed by atoms with Crippen molar-refractivity contribution in [3.8, 4) is 0 Å². The smallest absolute Gasteiger partial charge is 0.547 e. The summed E-state index contributed by atoms with van der Waals surface area (Å²) in [5.41, 5.74) is 0. The third-order valence-electron chi connectivity index (χ3n) is 11.8. The molecule has 11 N–H and O–H groups in total. The molecule has 4 aliphatic rings. The molecule has 4 fully saturated rings. The van der Waals surface area contributed by atoms with E-state index in [0.29, 0.717) is 19.3 Å². The van der Waals surface area contributed by atoms with Crippen LogP contribution in [0, 0.1) is 0 Å². The van der Waals surface area contributed by atoms with Gasteiger partial charge in [0.25, 0.3) is 0 Å². The molecule has 1 amide bonds. The first-order valence-electron chi connectivity index (χ1n) is 22.4. The number of methoxy groups -OCH3 is 2. The van der Waals surface area contributed by atoms with Gasteiger partial charge in [0, 0.05) is 34.4 Å². The van der Waals surface area contributed by atoms with Crippen molar-refractivity contribution in [3.63, 3.8) is 0 Å². The summed E-state index contributed by atoms with van der Waals surface area (Å²) < 4.78 is 66.4. The molecule has 4 heterocycles. The average molecular weight is 1000 g/mol. The summed E-state index contributed by atoms with van der Waals surface area (Å²) in [4.78, 5) is 23.7. The van der Waals surface area contributed by atoms with Crippen LogP contribution in [0.15, 0.2) is 0 Å². The number of nitrogens with one attached hydrogen (secondary N) is 1. The molecular formula is C41H72NNaO25. The van der Waals surface area contributed by atoms with Gasteiger partial charge < -0.3 is 123 Å². The minimum Gasteiger partial charge on any atom is -0.547 e. The summed E-state index contributed by atoms with van der Waals surface area (Å²) in [6.45, 7) is 3.58. The van der Waals surface area contributed by atoms with Gasteiger partial charge in [-0.1, -0.05) is 6.92 Å². The van der Waals surface area contributed by atoms with Gasteiger partial charge in [-0.05, 0) is 26.2 Å². The van der Waals surface area contributed by atoms with E-state index >= 15 is 0 Å². The summed E-state index contributed by atoms with van der Waals surface area (Å²) in [5, 5.41) is 120. The van der Waals surface area contributed by atoms with Gasteiger partial charge >= 0.3 is 29.6 Å². The van der Waals surface area contributed by atoms with E-state index in [1.165, 1.54) is 14.0 Å². The quantitative estimate of drug-likeness (QED) is 0.0269. The predicted molar refractivity (Wildman–Crippen MR) is 218 cm³/mol. The van der Waals surface area contributed by atoms with E-state index in [-0.39, 0.29) is 89.0 Å². The monoisotopic (exact) mass is 1000 g/mol. The molecule has 0 saturated carbocycles. The van der Waals surface area contributed by atoms with E-state index in [1.54, 1.807) is 13.8 Å². The molecule has 0 radical (unpaired) electrons. The van der Waals surface area contributed by atoms with E-state index in [1.807, 2.05) is 0 Å². The molecule has 4 rings (SSSR count). The van der Waals surface area contributed by atoms with Gasteiger partial charge in [-0.2, -0.15) is 0 Å². The van der Waals surface area contributed by atoms with Crippen molar-refractivity contribution in [2.45, 2.75) is 175 Å². The number of hydrogen-bond donors (Lipinski definition) is 11. The number of amides is 1. The number of carbonyl (C=O) groups excluding carboxylic acids is 2. The second kappa shape index (κ2) is 30.3. The largest absolute Gasteiger partial charge is 1.00 e. The number of aliphatic hydroxyl groups excluding tert-OH is 10. The summed E-state index contributed by atoms with van der Waals surface area (Å²) in [6.07, 6.45) is -27.0. The summed E-state index contributed by atoms with van der Waals surface area (Å²) >= 11 is 0. The zero-order valence-corrected chi connectivity index (χ0v) is 41.3. The molecule has 26 nitrogen and oxygen atoms in total. The maximum atomic E-state index is 12.0. The first-order chi connectivity index (χ1) is 31.8. The third kappa shape index (κ3) is 17.1. The van der Waals surface area contributed by atoms with Crippen LogP contribution in [-0.4, -0.2) is 271 Å². The Balaban J connectivity index is 0.0000122. The van der Waals surface area contributed by atoms with Crippen LogP contribution in [0.25, 0.3) is 0 Å². The Morgan fingerprint density at radius 2 is 1.18 bits per heavy atom. The Morgan fingerprint density at radius 3 is 1.76 bits per heavy atom. The number of carboxylic acids is 1. The summed E-state index contributed by atoms with van der Waals surface area (Å²) in [7, 11) is 2.48. The van der Waals surface area contributed by atoms with Crippen LogP contribution in [0.3, 0.4) is 0 Å². The molecule has 0 spiro atoms. The topological polar surface area (TPSA) is 382 Å². The molecule has 0 aromatic heterocycles. The van der Waals surface area contributed by atoms with Gasteiger partial charge in [-0.15, -0.1) is 0 Å². The molecule has 4 saturated heterocycles. The zero-order valence-electron chi connectivity index (χ0n) is 39.3. The van der Waals surface area contributed by atoms with Crippen molar-refractivity contribution in [3.05, 3.63) is 0 Å².